The standard InChI is InChI=1S/C12H16N2O/c1-9(8-13)15-12-6-4-5-11(7-12)10(2)14-3/h4-7,9-10,14H,1-3H3. The molecule has 0 heterocycles. The molecule has 3 heteroatoms. The molecule has 1 rings (SSSR count). The van der Waals surface area contributed by atoms with Gasteiger partial charge >= 0.3 is 0 Å². The first-order valence-electron chi connectivity index (χ1n) is 5.01. The molecule has 15 heavy (non-hydrogen) atoms. The highest BCUT2D eigenvalue weighted by atomic mass is 16.5. The molecule has 0 saturated heterocycles. The van der Waals surface area contributed by atoms with E-state index < -0.39 is 6.10 Å². The smallest absolute Gasteiger partial charge is 0.181 e. The van der Waals surface area contributed by atoms with Gasteiger partial charge in [0.05, 0.1) is 0 Å². The Morgan fingerprint density at radius 3 is 2.73 bits per heavy atom. The molecule has 0 aliphatic rings. The lowest BCUT2D eigenvalue weighted by Gasteiger charge is -2.13. The van der Waals surface area contributed by atoms with Gasteiger partial charge in [0.1, 0.15) is 11.8 Å². The lowest BCUT2D eigenvalue weighted by atomic mass is 10.1. The Balaban J connectivity index is 2.79. The topological polar surface area (TPSA) is 45.0 Å². The Kier molecular flexibility index (Phi) is 4.14. The minimum Gasteiger partial charge on any atom is -0.476 e. The lowest BCUT2D eigenvalue weighted by Crippen LogP contribution is -2.13. The number of rotatable bonds is 4. The van der Waals surface area contributed by atoms with Gasteiger partial charge in [-0.2, -0.15) is 5.26 Å². The largest absolute Gasteiger partial charge is 0.476 e. The van der Waals surface area contributed by atoms with Gasteiger partial charge in [0.15, 0.2) is 6.10 Å². The van der Waals surface area contributed by atoms with E-state index in [-0.39, 0.29) is 6.04 Å². The fraction of sp³-hybridized carbons (Fsp3) is 0.417. The fourth-order valence-electron chi connectivity index (χ4n) is 1.25. The van der Waals surface area contributed by atoms with Crippen LogP contribution in [0, 0.1) is 11.3 Å². The molecule has 1 aromatic rings. The van der Waals surface area contributed by atoms with Crippen molar-refractivity contribution in [2.45, 2.75) is 26.0 Å². The molecule has 0 amide bonds. The quantitative estimate of drug-likeness (QED) is 0.818. The average Bonchev–Trinajstić information content (AvgIpc) is 2.28. The lowest BCUT2D eigenvalue weighted by molar-refractivity contribution is 0.276. The summed E-state index contributed by atoms with van der Waals surface area (Å²) >= 11 is 0. The van der Waals surface area contributed by atoms with E-state index in [0.29, 0.717) is 0 Å². The number of hydrogen-bond donors (Lipinski definition) is 1. The van der Waals surface area contributed by atoms with E-state index in [0.717, 1.165) is 11.3 Å². The molecule has 80 valence electrons. The van der Waals surface area contributed by atoms with Gasteiger partial charge in [0.25, 0.3) is 0 Å². The highest BCUT2D eigenvalue weighted by molar-refractivity contribution is 5.30. The zero-order valence-corrected chi connectivity index (χ0v) is 9.32. The molecule has 3 nitrogen and oxygen atoms in total. The number of nitrogens with one attached hydrogen (secondary N) is 1. The van der Waals surface area contributed by atoms with E-state index in [9.17, 15) is 0 Å². The van der Waals surface area contributed by atoms with Gasteiger partial charge in [-0.25, -0.2) is 0 Å². The van der Waals surface area contributed by atoms with E-state index in [1.807, 2.05) is 37.4 Å². The molecule has 1 aromatic carbocycles. The summed E-state index contributed by atoms with van der Waals surface area (Å²) in [6.07, 6.45) is -0.412. The van der Waals surface area contributed by atoms with Crippen molar-refractivity contribution in [1.29, 1.82) is 5.26 Å². The second-order valence-electron chi connectivity index (χ2n) is 3.47. The summed E-state index contributed by atoms with van der Waals surface area (Å²) in [5.74, 6) is 0.739. The number of nitrogens with zero attached hydrogens (tertiary/aromatic N) is 1. The summed E-state index contributed by atoms with van der Waals surface area (Å²) in [7, 11) is 1.91. The van der Waals surface area contributed by atoms with E-state index in [1.54, 1.807) is 6.92 Å². The maximum Gasteiger partial charge on any atom is 0.181 e. The first kappa shape index (κ1) is 11.5. The summed E-state index contributed by atoms with van der Waals surface area (Å²) in [5, 5.41) is 11.8. The third-order valence-corrected chi connectivity index (χ3v) is 2.29. The van der Waals surface area contributed by atoms with Crippen LogP contribution in [0.4, 0.5) is 0 Å². The highest BCUT2D eigenvalue weighted by Crippen LogP contribution is 2.19. The molecule has 0 bridgehead atoms. The van der Waals surface area contributed by atoms with Gasteiger partial charge in [0, 0.05) is 6.04 Å². The minimum atomic E-state index is -0.412. The van der Waals surface area contributed by atoms with Crippen molar-refractivity contribution in [2.24, 2.45) is 0 Å². The summed E-state index contributed by atoms with van der Waals surface area (Å²) < 4.78 is 5.41. The van der Waals surface area contributed by atoms with Gasteiger partial charge in [-0.15, -0.1) is 0 Å². The van der Waals surface area contributed by atoms with Crippen molar-refractivity contribution in [3.05, 3.63) is 29.8 Å². The van der Waals surface area contributed by atoms with Crippen molar-refractivity contribution in [1.82, 2.24) is 5.32 Å². The van der Waals surface area contributed by atoms with Crippen LogP contribution in [0.3, 0.4) is 0 Å². The number of benzene rings is 1. The normalized spacial score (nSPS) is 14.0. The van der Waals surface area contributed by atoms with E-state index in [1.165, 1.54) is 0 Å². The second-order valence-corrected chi connectivity index (χ2v) is 3.47. The van der Waals surface area contributed by atoms with Crippen LogP contribution in [0.15, 0.2) is 24.3 Å². The third kappa shape index (κ3) is 3.26. The minimum absolute atomic E-state index is 0.283. The van der Waals surface area contributed by atoms with E-state index in [4.69, 9.17) is 10.00 Å². The van der Waals surface area contributed by atoms with Crippen LogP contribution in [-0.2, 0) is 0 Å². The zero-order valence-electron chi connectivity index (χ0n) is 9.32. The molecule has 1 N–H and O–H groups in total. The Labute approximate surface area is 90.7 Å². The van der Waals surface area contributed by atoms with Crippen molar-refractivity contribution in [3.63, 3.8) is 0 Å². The van der Waals surface area contributed by atoms with Gasteiger partial charge in [0.2, 0.25) is 0 Å². The molecule has 0 aliphatic carbocycles. The molecule has 0 radical (unpaired) electrons. The molecule has 2 unspecified atom stereocenters. The van der Waals surface area contributed by atoms with Gasteiger partial charge in [-0.3, -0.25) is 0 Å². The van der Waals surface area contributed by atoms with E-state index >= 15 is 0 Å². The molecule has 2 atom stereocenters. The van der Waals surface area contributed by atoms with Crippen LogP contribution in [0.25, 0.3) is 0 Å². The molecule has 0 aromatic heterocycles. The first-order valence-corrected chi connectivity index (χ1v) is 5.01. The summed E-state index contributed by atoms with van der Waals surface area (Å²) in [6.45, 7) is 3.81. The molecule has 0 fully saturated rings. The average molecular weight is 204 g/mol. The number of ether oxygens (including phenoxy) is 1. The van der Waals surface area contributed by atoms with Crippen molar-refractivity contribution >= 4 is 0 Å². The van der Waals surface area contributed by atoms with Crippen LogP contribution in [0.5, 0.6) is 5.75 Å². The van der Waals surface area contributed by atoms with Crippen molar-refractivity contribution in [3.8, 4) is 11.8 Å². The van der Waals surface area contributed by atoms with E-state index in [2.05, 4.69) is 12.2 Å². The Morgan fingerprint density at radius 1 is 1.40 bits per heavy atom. The molecular weight excluding hydrogens is 188 g/mol. The summed E-state index contributed by atoms with van der Waals surface area (Å²) in [6, 6.07) is 10.1. The predicted molar refractivity (Wildman–Crippen MR) is 59.6 cm³/mol. The maximum absolute atomic E-state index is 8.63. The molecule has 0 saturated carbocycles. The van der Waals surface area contributed by atoms with Gasteiger partial charge in [-0.05, 0) is 38.6 Å². The monoisotopic (exact) mass is 204 g/mol. The maximum atomic E-state index is 8.63. The number of nitriles is 1. The van der Waals surface area contributed by atoms with Crippen LogP contribution in [0.2, 0.25) is 0 Å². The van der Waals surface area contributed by atoms with Gasteiger partial charge < -0.3 is 10.1 Å². The predicted octanol–water partition coefficient (Wildman–Crippen LogP) is 2.26. The molecular formula is C12H16N2O. The SMILES string of the molecule is CNC(C)c1cccc(OC(C)C#N)c1. The van der Waals surface area contributed by atoms with Crippen LogP contribution >= 0.6 is 0 Å². The Hall–Kier alpha value is -1.53. The Bertz CT molecular complexity index is 357. The summed E-state index contributed by atoms with van der Waals surface area (Å²) in [4.78, 5) is 0. The van der Waals surface area contributed by atoms with Crippen LogP contribution < -0.4 is 10.1 Å². The number of hydrogen-bond acceptors (Lipinski definition) is 3. The highest BCUT2D eigenvalue weighted by Gasteiger charge is 2.05. The van der Waals surface area contributed by atoms with Crippen LogP contribution in [0.1, 0.15) is 25.5 Å². The third-order valence-electron chi connectivity index (χ3n) is 2.29. The second kappa shape index (κ2) is 5.38. The van der Waals surface area contributed by atoms with Crippen molar-refractivity contribution < 1.29 is 4.74 Å². The van der Waals surface area contributed by atoms with Crippen LogP contribution in [-0.4, -0.2) is 13.2 Å². The molecule has 0 aliphatic heterocycles. The molecule has 0 spiro atoms. The zero-order chi connectivity index (χ0) is 11.3. The summed E-state index contributed by atoms with van der Waals surface area (Å²) in [5.41, 5.74) is 1.15. The van der Waals surface area contributed by atoms with Gasteiger partial charge in [-0.1, -0.05) is 12.1 Å². The van der Waals surface area contributed by atoms with Crippen molar-refractivity contribution in [2.75, 3.05) is 7.05 Å². The fourth-order valence-corrected chi connectivity index (χ4v) is 1.25. The first-order chi connectivity index (χ1) is 7.17. The Morgan fingerprint density at radius 2 is 2.13 bits per heavy atom.